The quantitative estimate of drug-likeness (QED) is 0.809. The zero-order chi connectivity index (χ0) is 19.4. The fraction of sp³-hybridized carbons (Fsp3) is 0.389. The lowest BCUT2D eigenvalue weighted by Gasteiger charge is -2.18. The highest BCUT2D eigenvalue weighted by Crippen LogP contribution is 2.27. The van der Waals surface area contributed by atoms with Crippen LogP contribution in [-0.4, -0.2) is 47.8 Å². The fourth-order valence-electron chi connectivity index (χ4n) is 2.91. The molecule has 1 fully saturated rings. The van der Waals surface area contributed by atoms with Crippen LogP contribution in [0.15, 0.2) is 41.6 Å². The average molecular weight is 390 g/mol. The summed E-state index contributed by atoms with van der Waals surface area (Å²) in [6.07, 6.45) is 3.80. The van der Waals surface area contributed by atoms with Gasteiger partial charge in [0.1, 0.15) is 6.10 Å². The number of hydrogen-bond acceptors (Lipinski definition) is 6. The number of rotatable bonds is 6. The second-order valence-electron chi connectivity index (χ2n) is 6.30. The van der Waals surface area contributed by atoms with E-state index < -0.39 is 10.0 Å². The van der Waals surface area contributed by atoms with Crippen molar-refractivity contribution in [2.45, 2.75) is 37.7 Å². The van der Waals surface area contributed by atoms with Gasteiger partial charge in [0.15, 0.2) is 0 Å². The van der Waals surface area contributed by atoms with E-state index in [9.17, 15) is 13.2 Å². The van der Waals surface area contributed by atoms with E-state index in [-0.39, 0.29) is 29.5 Å². The van der Waals surface area contributed by atoms with Crippen LogP contribution in [0.25, 0.3) is 0 Å². The molecule has 0 bridgehead atoms. The van der Waals surface area contributed by atoms with Crippen molar-refractivity contribution >= 4 is 21.6 Å². The summed E-state index contributed by atoms with van der Waals surface area (Å²) in [4.78, 5) is 19.8. The van der Waals surface area contributed by atoms with Gasteiger partial charge in [-0.15, -0.1) is 0 Å². The van der Waals surface area contributed by atoms with Crippen LogP contribution in [0.2, 0.25) is 0 Å². The van der Waals surface area contributed by atoms with Gasteiger partial charge in [-0.25, -0.2) is 18.4 Å². The molecule has 1 aromatic carbocycles. The summed E-state index contributed by atoms with van der Waals surface area (Å²) in [6.45, 7) is 4.09. The first-order valence-electron chi connectivity index (χ1n) is 8.74. The number of aryl methyl sites for hydroxylation is 1. The number of carbonyl (C=O) groups excluding carboxylic acids is 1. The van der Waals surface area contributed by atoms with Crippen LogP contribution in [0, 0.1) is 6.92 Å². The van der Waals surface area contributed by atoms with Crippen molar-refractivity contribution in [3.8, 4) is 6.01 Å². The van der Waals surface area contributed by atoms with E-state index in [1.165, 1.54) is 10.4 Å². The fourth-order valence-corrected chi connectivity index (χ4v) is 4.60. The molecule has 1 aliphatic rings. The Hall–Kier alpha value is -2.52. The smallest absolute Gasteiger partial charge is 0.316 e. The molecule has 144 valence electrons. The van der Waals surface area contributed by atoms with Crippen molar-refractivity contribution in [3.63, 3.8) is 0 Å². The van der Waals surface area contributed by atoms with E-state index in [4.69, 9.17) is 4.74 Å². The Balaban J connectivity index is 1.72. The number of hydrogen-bond donors (Lipinski definition) is 1. The van der Waals surface area contributed by atoms with Crippen molar-refractivity contribution < 1.29 is 17.9 Å². The first kappa shape index (κ1) is 19.2. The van der Waals surface area contributed by atoms with E-state index in [2.05, 4.69) is 15.3 Å². The van der Waals surface area contributed by atoms with E-state index in [0.717, 1.165) is 0 Å². The number of nitrogens with zero attached hydrogens (tertiary/aromatic N) is 3. The third-order valence-corrected chi connectivity index (χ3v) is 6.34. The van der Waals surface area contributed by atoms with Gasteiger partial charge in [0.2, 0.25) is 15.9 Å². The maximum absolute atomic E-state index is 13.0. The molecule has 2 aromatic rings. The third kappa shape index (κ3) is 4.42. The number of aromatic nitrogens is 2. The predicted octanol–water partition coefficient (Wildman–Crippen LogP) is 1.98. The number of amides is 1. The van der Waals surface area contributed by atoms with Gasteiger partial charge in [0, 0.05) is 31.0 Å². The van der Waals surface area contributed by atoms with Crippen molar-refractivity contribution in [1.29, 1.82) is 0 Å². The number of anilines is 1. The second-order valence-corrected chi connectivity index (χ2v) is 8.21. The van der Waals surface area contributed by atoms with Gasteiger partial charge in [0.05, 0.1) is 11.4 Å². The molecular weight excluding hydrogens is 368 g/mol. The maximum atomic E-state index is 13.0. The van der Waals surface area contributed by atoms with Crippen LogP contribution in [0.1, 0.15) is 25.3 Å². The van der Waals surface area contributed by atoms with E-state index in [0.29, 0.717) is 30.6 Å². The molecule has 0 aliphatic carbocycles. The first-order valence-corrected chi connectivity index (χ1v) is 10.2. The van der Waals surface area contributed by atoms with Crippen LogP contribution in [-0.2, 0) is 14.8 Å². The third-order valence-electron chi connectivity index (χ3n) is 4.32. The van der Waals surface area contributed by atoms with E-state index in [1.54, 1.807) is 44.4 Å². The molecule has 0 radical (unpaired) electrons. The highest BCUT2D eigenvalue weighted by atomic mass is 32.2. The standard InChI is InChI=1S/C18H22N4O4S/c1-3-17(23)21-14-5-6-16(13(2)11-14)27(24,25)22-10-7-15(12-22)26-18-19-8-4-9-20-18/h4-6,8-9,11,15H,3,7,10,12H2,1-2H3,(H,21,23). The molecule has 3 rings (SSSR count). The van der Waals surface area contributed by atoms with Gasteiger partial charge in [0.25, 0.3) is 0 Å². The molecule has 0 spiro atoms. The Bertz CT molecular complexity index is 918. The molecule has 1 saturated heterocycles. The monoisotopic (exact) mass is 390 g/mol. The minimum Gasteiger partial charge on any atom is -0.459 e. The molecule has 1 aliphatic heterocycles. The zero-order valence-corrected chi connectivity index (χ0v) is 16.1. The topological polar surface area (TPSA) is 101 Å². The average Bonchev–Trinajstić information content (AvgIpc) is 3.11. The lowest BCUT2D eigenvalue weighted by molar-refractivity contribution is -0.115. The van der Waals surface area contributed by atoms with E-state index in [1.807, 2.05) is 0 Å². The molecule has 1 amide bonds. The van der Waals surface area contributed by atoms with E-state index >= 15 is 0 Å². The summed E-state index contributed by atoms with van der Waals surface area (Å²) >= 11 is 0. The Morgan fingerprint density at radius 2 is 2.07 bits per heavy atom. The minimum atomic E-state index is -3.65. The molecule has 2 heterocycles. The largest absolute Gasteiger partial charge is 0.459 e. The Labute approximate surface area is 158 Å². The maximum Gasteiger partial charge on any atom is 0.316 e. The van der Waals surface area contributed by atoms with Crippen LogP contribution in [0.5, 0.6) is 6.01 Å². The molecule has 0 saturated carbocycles. The Morgan fingerprint density at radius 3 is 2.74 bits per heavy atom. The summed E-state index contributed by atoms with van der Waals surface area (Å²) in [5.74, 6) is -0.118. The van der Waals surface area contributed by atoms with Crippen LogP contribution >= 0.6 is 0 Å². The summed E-state index contributed by atoms with van der Waals surface area (Å²) in [6, 6.07) is 6.74. The molecule has 1 atom stereocenters. The molecule has 1 unspecified atom stereocenters. The Kier molecular flexibility index (Phi) is 5.71. The number of nitrogens with one attached hydrogen (secondary N) is 1. The van der Waals surface area contributed by atoms with Crippen LogP contribution in [0.3, 0.4) is 0 Å². The predicted molar refractivity (Wildman–Crippen MR) is 99.9 cm³/mol. The molecule has 8 nitrogen and oxygen atoms in total. The van der Waals surface area contributed by atoms with Crippen molar-refractivity contribution in [2.24, 2.45) is 0 Å². The number of carbonyl (C=O) groups is 1. The van der Waals surface area contributed by atoms with Crippen molar-refractivity contribution in [3.05, 3.63) is 42.2 Å². The van der Waals surface area contributed by atoms with Gasteiger partial charge >= 0.3 is 6.01 Å². The summed E-state index contributed by atoms with van der Waals surface area (Å²) < 4.78 is 33.1. The van der Waals surface area contributed by atoms with Gasteiger partial charge < -0.3 is 10.1 Å². The molecular formula is C18H22N4O4S. The van der Waals surface area contributed by atoms with Gasteiger partial charge in [-0.1, -0.05) is 6.92 Å². The molecule has 27 heavy (non-hydrogen) atoms. The highest BCUT2D eigenvalue weighted by Gasteiger charge is 2.34. The summed E-state index contributed by atoms with van der Waals surface area (Å²) in [7, 11) is -3.65. The number of sulfonamides is 1. The van der Waals surface area contributed by atoms with Gasteiger partial charge in [-0.2, -0.15) is 4.31 Å². The Morgan fingerprint density at radius 1 is 1.33 bits per heavy atom. The SMILES string of the molecule is CCC(=O)Nc1ccc(S(=O)(=O)N2CCC(Oc3ncccn3)C2)c(C)c1. The highest BCUT2D eigenvalue weighted by molar-refractivity contribution is 7.89. The summed E-state index contributed by atoms with van der Waals surface area (Å²) in [5, 5.41) is 2.73. The molecule has 1 aromatic heterocycles. The van der Waals surface area contributed by atoms with Gasteiger partial charge in [-0.05, 0) is 43.2 Å². The normalized spacial score (nSPS) is 17.6. The molecule has 1 N–H and O–H groups in total. The first-order chi connectivity index (χ1) is 12.9. The van der Waals surface area contributed by atoms with Crippen LogP contribution in [0.4, 0.5) is 5.69 Å². The summed E-state index contributed by atoms with van der Waals surface area (Å²) in [5.41, 5.74) is 1.17. The van der Waals surface area contributed by atoms with Crippen molar-refractivity contribution in [1.82, 2.24) is 14.3 Å². The minimum absolute atomic E-state index is 0.118. The van der Waals surface area contributed by atoms with Crippen molar-refractivity contribution in [2.75, 3.05) is 18.4 Å². The second kappa shape index (κ2) is 8.01. The zero-order valence-electron chi connectivity index (χ0n) is 15.3. The van der Waals surface area contributed by atoms with Gasteiger partial charge in [-0.3, -0.25) is 4.79 Å². The number of ether oxygens (including phenoxy) is 1. The lowest BCUT2D eigenvalue weighted by atomic mass is 10.2. The van der Waals surface area contributed by atoms with Crippen LogP contribution < -0.4 is 10.1 Å². The lowest BCUT2D eigenvalue weighted by Crippen LogP contribution is -2.31. The molecule has 9 heteroatoms. The number of benzene rings is 1.